The summed E-state index contributed by atoms with van der Waals surface area (Å²) in [5.41, 5.74) is 2.88. The summed E-state index contributed by atoms with van der Waals surface area (Å²) in [5.74, 6) is 0.704. The van der Waals surface area contributed by atoms with E-state index in [1.807, 2.05) is 12.1 Å². The van der Waals surface area contributed by atoms with Gasteiger partial charge in [-0.3, -0.25) is 9.59 Å². The molecule has 8 heteroatoms. The predicted octanol–water partition coefficient (Wildman–Crippen LogP) is 3.45. The zero-order valence-electron chi connectivity index (χ0n) is 17.6. The van der Waals surface area contributed by atoms with Gasteiger partial charge in [-0.15, -0.1) is 0 Å². The van der Waals surface area contributed by atoms with Crippen LogP contribution in [0.25, 0.3) is 11.1 Å². The molecule has 1 atom stereocenters. The lowest BCUT2D eigenvalue weighted by Crippen LogP contribution is -2.31. The van der Waals surface area contributed by atoms with Crippen LogP contribution < -0.4 is 10.1 Å². The minimum atomic E-state index is -0.281. The molecule has 1 N–H and O–H groups in total. The van der Waals surface area contributed by atoms with Gasteiger partial charge in [0.05, 0.1) is 24.1 Å². The second kappa shape index (κ2) is 7.68. The van der Waals surface area contributed by atoms with E-state index in [0.29, 0.717) is 46.1 Å². The second-order valence-corrected chi connectivity index (χ2v) is 8.08. The van der Waals surface area contributed by atoms with Crippen LogP contribution in [0.15, 0.2) is 34.9 Å². The minimum Gasteiger partial charge on any atom is -0.497 e. The Hall–Kier alpha value is -3.42. The van der Waals surface area contributed by atoms with Gasteiger partial charge in [0.2, 0.25) is 0 Å². The Morgan fingerprint density at radius 1 is 1.23 bits per heavy atom. The van der Waals surface area contributed by atoms with Crippen LogP contribution in [0.5, 0.6) is 5.75 Å². The number of hydrogen-bond acceptors (Lipinski definition) is 6. The molecule has 2 amide bonds. The number of rotatable bonds is 5. The fourth-order valence-corrected chi connectivity index (χ4v) is 4.34. The number of hydrogen-bond donors (Lipinski definition) is 1. The predicted molar refractivity (Wildman–Crippen MR) is 113 cm³/mol. The zero-order valence-corrected chi connectivity index (χ0v) is 17.6. The molecule has 8 nitrogen and oxygen atoms in total. The Morgan fingerprint density at radius 3 is 2.81 bits per heavy atom. The summed E-state index contributed by atoms with van der Waals surface area (Å²) >= 11 is 0. The molecule has 3 aromatic rings. The van der Waals surface area contributed by atoms with E-state index in [9.17, 15) is 9.59 Å². The summed E-state index contributed by atoms with van der Waals surface area (Å²) in [6.45, 7) is 0.609. The summed E-state index contributed by atoms with van der Waals surface area (Å²) < 4.78 is 10.9. The lowest BCUT2D eigenvalue weighted by Gasteiger charge is -2.24. The smallest absolute Gasteiger partial charge is 0.259 e. The number of methoxy groups -OCH3 is 1. The largest absolute Gasteiger partial charge is 0.497 e. The standard InChI is InChI=1S/C23H24N4O4/c1-24-21(28)16-12-17(13-8-9-13)25-22-19(16)20(26-31-22)18-7-4-10-27(18)23(29)14-5-3-6-15(11-14)30-2/h3,5-6,11-13,18H,4,7-10H2,1-2H3,(H,24,28). The maximum atomic E-state index is 13.3. The van der Waals surface area contributed by atoms with Crippen LogP contribution in [0.4, 0.5) is 0 Å². The lowest BCUT2D eigenvalue weighted by atomic mass is 10.0. The van der Waals surface area contributed by atoms with Gasteiger partial charge in [-0.05, 0) is 49.9 Å². The Kier molecular flexibility index (Phi) is 4.84. The number of aromatic nitrogens is 2. The van der Waals surface area contributed by atoms with Crippen molar-refractivity contribution < 1.29 is 18.8 Å². The van der Waals surface area contributed by atoms with Gasteiger partial charge in [-0.25, -0.2) is 4.98 Å². The molecule has 2 fully saturated rings. The van der Waals surface area contributed by atoms with Gasteiger partial charge in [-0.1, -0.05) is 11.2 Å². The topological polar surface area (TPSA) is 97.6 Å². The highest BCUT2D eigenvalue weighted by Gasteiger charge is 2.36. The number of likely N-dealkylation sites (tertiary alicyclic amines) is 1. The van der Waals surface area contributed by atoms with Gasteiger partial charge >= 0.3 is 0 Å². The Bertz CT molecular complexity index is 1170. The van der Waals surface area contributed by atoms with Crippen molar-refractivity contribution in [2.24, 2.45) is 0 Å². The van der Waals surface area contributed by atoms with E-state index in [1.54, 1.807) is 37.3 Å². The molecule has 1 saturated heterocycles. The maximum Gasteiger partial charge on any atom is 0.259 e. The summed E-state index contributed by atoms with van der Waals surface area (Å²) in [4.78, 5) is 32.4. The molecule has 1 saturated carbocycles. The summed E-state index contributed by atoms with van der Waals surface area (Å²) in [5, 5.41) is 7.61. The number of fused-ring (bicyclic) bond motifs is 1. The summed E-state index contributed by atoms with van der Waals surface area (Å²) in [6, 6.07) is 8.69. The van der Waals surface area contributed by atoms with E-state index in [-0.39, 0.29) is 17.9 Å². The molecule has 5 rings (SSSR count). The van der Waals surface area contributed by atoms with Crippen LogP contribution in [0.2, 0.25) is 0 Å². The van der Waals surface area contributed by atoms with Crippen molar-refractivity contribution in [2.75, 3.05) is 20.7 Å². The van der Waals surface area contributed by atoms with Gasteiger partial charge < -0.3 is 19.5 Å². The molecule has 1 unspecified atom stereocenters. The minimum absolute atomic E-state index is 0.0957. The molecule has 2 aromatic heterocycles. The number of nitrogens with one attached hydrogen (secondary N) is 1. The van der Waals surface area contributed by atoms with Gasteiger partial charge in [0.15, 0.2) is 0 Å². The summed E-state index contributed by atoms with van der Waals surface area (Å²) in [7, 11) is 3.18. The highest BCUT2D eigenvalue weighted by Crippen LogP contribution is 2.42. The van der Waals surface area contributed by atoms with E-state index < -0.39 is 0 Å². The third-order valence-electron chi connectivity index (χ3n) is 6.11. The normalized spacial score (nSPS) is 18.4. The first-order valence-corrected chi connectivity index (χ1v) is 10.6. The molecule has 0 bridgehead atoms. The van der Waals surface area contributed by atoms with Gasteiger partial charge in [-0.2, -0.15) is 0 Å². The lowest BCUT2D eigenvalue weighted by molar-refractivity contribution is 0.0731. The molecular formula is C23H24N4O4. The number of benzene rings is 1. The number of carbonyl (C=O) groups is 2. The second-order valence-electron chi connectivity index (χ2n) is 8.08. The third-order valence-corrected chi connectivity index (χ3v) is 6.11. The van der Waals surface area contributed by atoms with E-state index in [1.165, 1.54) is 0 Å². The highest BCUT2D eigenvalue weighted by atomic mass is 16.5. The Balaban J connectivity index is 1.56. The van der Waals surface area contributed by atoms with Crippen LogP contribution in [0.1, 0.15) is 69.7 Å². The van der Waals surface area contributed by atoms with Crippen molar-refractivity contribution in [1.29, 1.82) is 0 Å². The number of amides is 2. The average molecular weight is 420 g/mol. The molecule has 160 valence electrons. The van der Waals surface area contributed by atoms with Crippen molar-refractivity contribution in [2.45, 2.75) is 37.6 Å². The van der Waals surface area contributed by atoms with Crippen LogP contribution in [0, 0.1) is 0 Å². The van der Waals surface area contributed by atoms with Crippen molar-refractivity contribution in [3.8, 4) is 5.75 Å². The molecule has 1 aliphatic carbocycles. The number of nitrogens with zero attached hydrogens (tertiary/aromatic N) is 3. The molecular weight excluding hydrogens is 396 g/mol. The molecule has 0 spiro atoms. The number of ether oxygens (including phenoxy) is 1. The highest BCUT2D eigenvalue weighted by molar-refractivity contribution is 6.06. The van der Waals surface area contributed by atoms with Crippen molar-refractivity contribution in [1.82, 2.24) is 20.4 Å². The molecule has 1 aliphatic heterocycles. The number of pyridine rings is 1. The van der Waals surface area contributed by atoms with Crippen molar-refractivity contribution in [3.05, 3.63) is 52.8 Å². The van der Waals surface area contributed by atoms with E-state index in [2.05, 4.69) is 15.5 Å². The van der Waals surface area contributed by atoms with Gasteiger partial charge in [0, 0.05) is 30.8 Å². The molecule has 31 heavy (non-hydrogen) atoms. The fourth-order valence-electron chi connectivity index (χ4n) is 4.34. The average Bonchev–Trinajstić information content (AvgIpc) is 3.40. The fraction of sp³-hybridized carbons (Fsp3) is 0.391. The van der Waals surface area contributed by atoms with Crippen molar-refractivity contribution >= 4 is 22.9 Å². The Labute approximate surface area is 179 Å². The van der Waals surface area contributed by atoms with Crippen LogP contribution >= 0.6 is 0 Å². The Morgan fingerprint density at radius 2 is 2.06 bits per heavy atom. The van der Waals surface area contributed by atoms with Gasteiger partial charge in [0.25, 0.3) is 17.5 Å². The molecule has 0 radical (unpaired) electrons. The maximum absolute atomic E-state index is 13.3. The van der Waals surface area contributed by atoms with Crippen LogP contribution in [0.3, 0.4) is 0 Å². The monoisotopic (exact) mass is 420 g/mol. The van der Waals surface area contributed by atoms with E-state index in [0.717, 1.165) is 31.4 Å². The van der Waals surface area contributed by atoms with E-state index in [4.69, 9.17) is 9.26 Å². The van der Waals surface area contributed by atoms with Crippen LogP contribution in [-0.2, 0) is 0 Å². The van der Waals surface area contributed by atoms with E-state index >= 15 is 0 Å². The van der Waals surface area contributed by atoms with Gasteiger partial charge in [0.1, 0.15) is 11.4 Å². The van der Waals surface area contributed by atoms with Crippen LogP contribution in [-0.4, -0.2) is 47.6 Å². The zero-order chi connectivity index (χ0) is 21.5. The molecule has 2 aliphatic rings. The number of carbonyl (C=O) groups excluding carboxylic acids is 2. The first-order valence-electron chi connectivity index (χ1n) is 10.6. The third kappa shape index (κ3) is 3.41. The first kappa shape index (κ1) is 19.5. The molecule has 1 aromatic carbocycles. The first-order chi connectivity index (χ1) is 15.1. The molecule has 3 heterocycles. The quantitative estimate of drug-likeness (QED) is 0.679. The summed E-state index contributed by atoms with van der Waals surface area (Å²) in [6.07, 6.45) is 3.72. The van der Waals surface area contributed by atoms with Crippen molar-refractivity contribution in [3.63, 3.8) is 0 Å². The SMILES string of the molecule is CNC(=O)c1cc(C2CC2)nc2onc(C3CCCN3C(=O)c3cccc(OC)c3)c12.